The molecular formula is C28H40FN3O8S. The molecule has 1 atom stereocenters. The van der Waals surface area contributed by atoms with Gasteiger partial charge in [-0.15, -0.1) is 0 Å². The Hall–Kier alpha value is -3.32. The second-order valence-corrected chi connectivity index (χ2v) is 13.6. The van der Waals surface area contributed by atoms with Gasteiger partial charge in [0.25, 0.3) is 15.7 Å². The van der Waals surface area contributed by atoms with E-state index in [0.717, 1.165) is 6.26 Å². The Bertz CT molecular complexity index is 1430. The van der Waals surface area contributed by atoms with Crippen LogP contribution in [0, 0.1) is 18.2 Å². The minimum Gasteiger partial charge on any atom is -0.501 e. The molecule has 0 aliphatic heterocycles. The smallest absolute Gasteiger partial charge is 0.410 e. The van der Waals surface area contributed by atoms with E-state index in [1.807, 2.05) is 0 Å². The summed E-state index contributed by atoms with van der Waals surface area (Å²) in [6.07, 6.45) is 0.825. The molecule has 2 aromatic rings. The predicted octanol–water partition coefficient (Wildman–Crippen LogP) is 4.43. The van der Waals surface area contributed by atoms with E-state index in [2.05, 4.69) is 9.97 Å². The summed E-state index contributed by atoms with van der Waals surface area (Å²) in [6, 6.07) is 3.55. The van der Waals surface area contributed by atoms with Crippen LogP contribution in [0.2, 0.25) is 0 Å². The fraction of sp³-hybridized carbons (Fsp3) is 0.571. The van der Waals surface area contributed by atoms with E-state index in [9.17, 15) is 32.3 Å². The maximum absolute atomic E-state index is 13.6. The number of amides is 1. The molecule has 41 heavy (non-hydrogen) atoms. The van der Waals surface area contributed by atoms with Crippen molar-refractivity contribution in [1.29, 1.82) is 0 Å². The summed E-state index contributed by atoms with van der Waals surface area (Å²) in [5, 5.41) is 10.4. The first-order chi connectivity index (χ1) is 18.7. The third kappa shape index (κ3) is 10.5. The highest BCUT2D eigenvalue weighted by molar-refractivity contribution is 7.85. The summed E-state index contributed by atoms with van der Waals surface area (Å²) in [5.41, 5.74) is -1.79. The summed E-state index contributed by atoms with van der Waals surface area (Å²) in [7, 11) is -2.23. The number of H-pyrrole nitrogens is 1. The van der Waals surface area contributed by atoms with Crippen LogP contribution in [-0.4, -0.2) is 65.8 Å². The molecule has 0 spiro atoms. The number of aromatic hydroxyl groups is 1. The van der Waals surface area contributed by atoms with Gasteiger partial charge in [-0.25, -0.2) is 14.2 Å². The number of benzene rings is 1. The van der Waals surface area contributed by atoms with Crippen LogP contribution in [0.5, 0.6) is 5.75 Å². The van der Waals surface area contributed by atoms with Crippen molar-refractivity contribution in [3.8, 4) is 5.75 Å². The molecule has 0 saturated heterocycles. The van der Waals surface area contributed by atoms with Gasteiger partial charge in [0, 0.05) is 13.5 Å². The third-order valence-corrected chi connectivity index (χ3v) is 6.81. The van der Waals surface area contributed by atoms with Crippen LogP contribution in [-0.2, 0) is 25.5 Å². The molecule has 228 valence electrons. The normalized spacial score (nSPS) is 13.1. The number of hydrogen-bond donors (Lipinski definition) is 2. The Morgan fingerprint density at radius 1 is 1.20 bits per heavy atom. The summed E-state index contributed by atoms with van der Waals surface area (Å²) in [5.74, 6) is -1.89. The largest absolute Gasteiger partial charge is 0.501 e. The molecule has 1 aromatic heterocycles. The van der Waals surface area contributed by atoms with Gasteiger partial charge in [-0.05, 0) is 69.6 Å². The number of aromatic amines is 1. The van der Waals surface area contributed by atoms with Crippen molar-refractivity contribution in [2.24, 2.45) is 5.41 Å². The van der Waals surface area contributed by atoms with Gasteiger partial charge in [0.05, 0.1) is 18.9 Å². The first kappa shape index (κ1) is 33.9. The number of halogens is 1. The fourth-order valence-corrected chi connectivity index (χ4v) is 4.45. The minimum atomic E-state index is -3.68. The average Bonchev–Trinajstić information content (AvgIpc) is 2.83. The second kappa shape index (κ2) is 13.1. The lowest BCUT2D eigenvalue weighted by molar-refractivity contribution is 0.0187. The highest BCUT2D eigenvalue weighted by Crippen LogP contribution is 2.32. The minimum absolute atomic E-state index is 0.0537. The van der Waals surface area contributed by atoms with Gasteiger partial charge < -0.3 is 19.7 Å². The molecular weight excluding hydrogens is 557 g/mol. The topological polar surface area (TPSA) is 156 Å². The molecule has 0 saturated carbocycles. The van der Waals surface area contributed by atoms with Crippen molar-refractivity contribution < 1.29 is 36.4 Å². The highest BCUT2D eigenvalue weighted by atomic mass is 32.2. The number of carbonyl (C=O) groups is 2. The molecule has 1 aromatic carbocycles. The lowest BCUT2D eigenvalue weighted by Gasteiger charge is -2.32. The van der Waals surface area contributed by atoms with Crippen LogP contribution < -0.4 is 5.56 Å². The summed E-state index contributed by atoms with van der Waals surface area (Å²) >= 11 is 0. The monoisotopic (exact) mass is 597 g/mol. The van der Waals surface area contributed by atoms with Crippen molar-refractivity contribution in [3.05, 3.63) is 57.0 Å². The molecule has 0 fully saturated rings. The van der Waals surface area contributed by atoms with Gasteiger partial charge in [-0.2, -0.15) is 8.42 Å². The quantitative estimate of drug-likeness (QED) is 0.267. The van der Waals surface area contributed by atoms with E-state index in [1.165, 1.54) is 18.0 Å². The lowest BCUT2D eigenvalue weighted by Crippen LogP contribution is -2.38. The van der Waals surface area contributed by atoms with Gasteiger partial charge in [0.2, 0.25) is 5.75 Å². The van der Waals surface area contributed by atoms with E-state index < -0.39 is 56.1 Å². The molecule has 0 aliphatic carbocycles. The highest BCUT2D eigenvalue weighted by Gasteiger charge is 2.32. The number of nitrogens with zero attached hydrogens (tertiary/aromatic N) is 2. The fourth-order valence-electron chi connectivity index (χ4n) is 3.92. The van der Waals surface area contributed by atoms with Crippen molar-refractivity contribution in [2.75, 3.05) is 19.9 Å². The van der Waals surface area contributed by atoms with E-state index in [1.54, 1.807) is 53.7 Å². The molecule has 11 nitrogen and oxygen atoms in total. The maximum atomic E-state index is 13.6. The van der Waals surface area contributed by atoms with E-state index in [0.29, 0.717) is 17.5 Å². The lowest BCUT2D eigenvalue weighted by atomic mass is 9.87. The van der Waals surface area contributed by atoms with Crippen LogP contribution in [0.3, 0.4) is 0 Å². The number of Topliss-reactive ketones (excluding diaryl/α,β-unsaturated/α-hetero) is 1. The van der Waals surface area contributed by atoms with Gasteiger partial charge >= 0.3 is 6.09 Å². The Kier molecular flexibility index (Phi) is 10.8. The number of hydrogen-bond acceptors (Lipinski definition) is 9. The SMILES string of the molecule is Cc1cc(CCC(=O)c2nc(C(CCC(C)(C)COS(C)(=O)=O)N(C)C(=O)OC(C)(C)C)[nH]c(=O)c2O)ccc1F. The van der Waals surface area contributed by atoms with Crippen LogP contribution >= 0.6 is 0 Å². The van der Waals surface area contributed by atoms with Crippen molar-refractivity contribution in [1.82, 2.24) is 14.9 Å². The number of aromatic nitrogens is 2. The van der Waals surface area contributed by atoms with Crippen LogP contribution in [0.4, 0.5) is 9.18 Å². The molecule has 2 rings (SSSR count). The zero-order chi connectivity index (χ0) is 31.3. The van der Waals surface area contributed by atoms with E-state index in [-0.39, 0.29) is 37.5 Å². The molecule has 0 radical (unpaired) electrons. The number of nitrogens with one attached hydrogen (secondary N) is 1. The Morgan fingerprint density at radius 2 is 1.83 bits per heavy atom. The predicted molar refractivity (Wildman–Crippen MR) is 151 cm³/mol. The molecule has 0 aliphatic rings. The van der Waals surface area contributed by atoms with Gasteiger partial charge in [0.1, 0.15) is 17.2 Å². The van der Waals surface area contributed by atoms with Crippen molar-refractivity contribution in [2.45, 2.75) is 78.9 Å². The molecule has 0 bridgehead atoms. The summed E-state index contributed by atoms with van der Waals surface area (Å²) in [6.45, 7) is 10.1. The zero-order valence-electron chi connectivity index (χ0n) is 24.8. The number of ketones is 1. The summed E-state index contributed by atoms with van der Waals surface area (Å²) in [4.78, 5) is 46.7. The maximum Gasteiger partial charge on any atom is 0.410 e. The molecule has 1 unspecified atom stereocenters. The van der Waals surface area contributed by atoms with Gasteiger partial charge in [-0.3, -0.25) is 13.8 Å². The molecule has 2 N–H and O–H groups in total. The first-order valence-electron chi connectivity index (χ1n) is 13.1. The average molecular weight is 598 g/mol. The Labute approximate surface area is 240 Å². The first-order valence-corrected chi connectivity index (χ1v) is 14.9. The van der Waals surface area contributed by atoms with Crippen LogP contribution in [0.1, 0.15) is 87.4 Å². The van der Waals surface area contributed by atoms with Gasteiger partial charge in [-0.1, -0.05) is 26.0 Å². The van der Waals surface area contributed by atoms with E-state index >= 15 is 0 Å². The molecule has 1 heterocycles. The number of aryl methyl sites for hydroxylation is 2. The second-order valence-electron chi connectivity index (χ2n) is 11.9. The third-order valence-electron chi connectivity index (χ3n) is 6.26. The molecule has 1 amide bonds. The Morgan fingerprint density at radius 3 is 2.39 bits per heavy atom. The van der Waals surface area contributed by atoms with Gasteiger partial charge in [0.15, 0.2) is 11.5 Å². The summed E-state index contributed by atoms with van der Waals surface area (Å²) < 4.78 is 47.1. The Balaban J connectivity index is 2.41. The number of carbonyl (C=O) groups excluding carboxylic acids is 2. The standard InChI is InChI=1S/C28H40FN3O8S/c1-17-15-18(9-11-19(17)29)10-12-21(33)22-23(34)25(35)31-24(30-22)20(32(7)26(36)40-27(2,3)4)13-14-28(5,6)16-39-41(8,37)38/h9,11,15,20,34H,10,12-14,16H2,1-8H3,(H,30,31,35). The zero-order valence-corrected chi connectivity index (χ0v) is 25.6. The van der Waals surface area contributed by atoms with E-state index in [4.69, 9.17) is 8.92 Å². The molecule has 13 heteroatoms. The number of ether oxygens (including phenoxy) is 1. The van der Waals surface area contributed by atoms with Crippen molar-refractivity contribution in [3.63, 3.8) is 0 Å². The van der Waals surface area contributed by atoms with Crippen molar-refractivity contribution >= 4 is 22.0 Å². The number of rotatable bonds is 12. The van der Waals surface area contributed by atoms with Crippen LogP contribution in [0.15, 0.2) is 23.0 Å². The van der Waals surface area contributed by atoms with Crippen LogP contribution in [0.25, 0.3) is 0 Å².